The molecule has 0 aliphatic rings. The number of para-hydroxylation sites is 1. The van der Waals surface area contributed by atoms with Crippen LogP contribution in [0.3, 0.4) is 0 Å². The highest BCUT2D eigenvalue weighted by Gasteiger charge is 2.30. The fraction of sp³-hybridized carbons (Fsp3) is 0.125. The molecule has 0 saturated heterocycles. The summed E-state index contributed by atoms with van der Waals surface area (Å²) in [6, 6.07) is 19.9. The molecule has 3 aromatic carbocycles. The predicted octanol–water partition coefficient (Wildman–Crippen LogP) is 5.27. The van der Waals surface area contributed by atoms with Gasteiger partial charge in [-0.2, -0.15) is 13.2 Å². The SMILES string of the molecule is O=C(Cn1cc(S(=O)(=O)Cc2ccccc2)c2ccccc21)Nc1cccc(C(F)(F)F)c1. The van der Waals surface area contributed by atoms with E-state index in [1.54, 1.807) is 54.6 Å². The van der Waals surface area contributed by atoms with Gasteiger partial charge < -0.3 is 9.88 Å². The summed E-state index contributed by atoms with van der Waals surface area (Å²) in [5, 5.41) is 2.92. The smallest absolute Gasteiger partial charge is 0.337 e. The quantitative estimate of drug-likeness (QED) is 0.416. The van der Waals surface area contributed by atoms with Crippen LogP contribution in [-0.2, 0) is 33.1 Å². The van der Waals surface area contributed by atoms with E-state index in [1.165, 1.54) is 22.9 Å². The van der Waals surface area contributed by atoms with Gasteiger partial charge in [-0.15, -0.1) is 0 Å². The lowest BCUT2D eigenvalue weighted by atomic mass is 10.2. The summed E-state index contributed by atoms with van der Waals surface area (Å²) < 4.78 is 66.5. The molecule has 1 aromatic heterocycles. The molecule has 9 heteroatoms. The van der Waals surface area contributed by atoms with Gasteiger partial charge in [0.1, 0.15) is 6.54 Å². The van der Waals surface area contributed by atoms with Gasteiger partial charge in [0, 0.05) is 22.8 Å². The van der Waals surface area contributed by atoms with E-state index < -0.39 is 27.5 Å². The third-order valence-electron chi connectivity index (χ3n) is 5.07. The van der Waals surface area contributed by atoms with E-state index in [2.05, 4.69) is 5.32 Å². The molecule has 4 rings (SSSR count). The van der Waals surface area contributed by atoms with Crippen molar-refractivity contribution in [2.75, 3.05) is 5.32 Å². The zero-order valence-electron chi connectivity index (χ0n) is 17.2. The number of nitrogens with one attached hydrogen (secondary N) is 1. The zero-order valence-corrected chi connectivity index (χ0v) is 18.0. The van der Waals surface area contributed by atoms with E-state index >= 15 is 0 Å². The molecule has 0 spiro atoms. The molecule has 0 saturated carbocycles. The van der Waals surface area contributed by atoms with Gasteiger partial charge in [0.15, 0.2) is 9.84 Å². The van der Waals surface area contributed by atoms with Crippen LogP contribution in [0.15, 0.2) is 90.0 Å². The Hall–Kier alpha value is -3.59. The maximum atomic E-state index is 13.1. The molecule has 1 amide bonds. The lowest BCUT2D eigenvalue weighted by Gasteiger charge is -2.10. The number of nitrogens with zero attached hydrogens (tertiary/aromatic N) is 1. The van der Waals surface area contributed by atoms with Crippen LogP contribution in [-0.4, -0.2) is 18.9 Å². The molecule has 1 heterocycles. The molecular formula is C24H19F3N2O3S. The number of alkyl halides is 3. The van der Waals surface area contributed by atoms with Crippen molar-refractivity contribution in [2.24, 2.45) is 0 Å². The summed E-state index contributed by atoms with van der Waals surface area (Å²) in [6.45, 7) is -0.266. The number of carbonyl (C=O) groups is 1. The van der Waals surface area contributed by atoms with Crippen LogP contribution in [0.1, 0.15) is 11.1 Å². The van der Waals surface area contributed by atoms with Crippen LogP contribution in [0.2, 0.25) is 0 Å². The second-order valence-corrected chi connectivity index (χ2v) is 9.47. The number of hydrogen-bond acceptors (Lipinski definition) is 3. The van der Waals surface area contributed by atoms with Crippen molar-refractivity contribution in [2.45, 2.75) is 23.4 Å². The Morgan fingerprint density at radius 3 is 2.33 bits per heavy atom. The average Bonchev–Trinajstić information content (AvgIpc) is 3.13. The van der Waals surface area contributed by atoms with Gasteiger partial charge in [0.25, 0.3) is 0 Å². The minimum atomic E-state index is -4.53. The van der Waals surface area contributed by atoms with E-state index in [-0.39, 0.29) is 22.9 Å². The minimum Gasteiger partial charge on any atom is -0.337 e. The molecule has 0 fully saturated rings. The molecule has 1 N–H and O–H groups in total. The second-order valence-electron chi connectivity index (χ2n) is 7.51. The normalized spacial score (nSPS) is 12.1. The highest BCUT2D eigenvalue weighted by atomic mass is 32.2. The highest BCUT2D eigenvalue weighted by molar-refractivity contribution is 7.90. The van der Waals surface area contributed by atoms with Crippen molar-refractivity contribution >= 4 is 32.3 Å². The van der Waals surface area contributed by atoms with Crippen LogP contribution in [0.5, 0.6) is 0 Å². The Labute approximate surface area is 188 Å². The number of rotatable bonds is 6. The van der Waals surface area contributed by atoms with Crippen molar-refractivity contribution < 1.29 is 26.4 Å². The summed E-state index contributed by atoms with van der Waals surface area (Å²) in [6.07, 6.45) is -3.13. The number of halogens is 3. The van der Waals surface area contributed by atoms with Crippen LogP contribution in [0, 0.1) is 0 Å². The topological polar surface area (TPSA) is 68.2 Å². The van der Waals surface area contributed by atoms with E-state index in [0.717, 1.165) is 12.1 Å². The van der Waals surface area contributed by atoms with Gasteiger partial charge in [-0.25, -0.2) is 8.42 Å². The van der Waals surface area contributed by atoms with Gasteiger partial charge in [0.05, 0.1) is 16.2 Å². The lowest BCUT2D eigenvalue weighted by Crippen LogP contribution is -2.18. The lowest BCUT2D eigenvalue weighted by molar-refractivity contribution is -0.137. The van der Waals surface area contributed by atoms with Gasteiger partial charge in [-0.1, -0.05) is 54.6 Å². The Morgan fingerprint density at radius 2 is 1.61 bits per heavy atom. The van der Waals surface area contributed by atoms with Crippen molar-refractivity contribution in [3.63, 3.8) is 0 Å². The molecule has 0 aliphatic carbocycles. The van der Waals surface area contributed by atoms with Crippen molar-refractivity contribution in [3.05, 3.63) is 96.2 Å². The maximum absolute atomic E-state index is 13.1. The molecule has 5 nitrogen and oxygen atoms in total. The Balaban J connectivity index is 1.61. The summed E-state index contributed by atoms with van der Waals surface area (Å²) in [7, 11) is -3.71. The largest absolute Gasteiger partial charge is 0.416 e. The van der Waals surface area contributed by atoms with Gasteiger partial charge in [0.2, 0.25) is 5.91 Å². The molecule has 4 aromatic rings. The molecule has 0 radical (unpaired) electrons. The number of aromatic nitrogens is 1. The first-order valence-corrected chi connectivity index (χ1v) is 11.6. The van der Waals surface area contributed by atoms with Gasteiger partial charge in [-0.05, 0) is 29.8 Å². The average molecular weight is 472 g/mol. The summed E-state index contributed by atoms with van der Waals surface area (Å²) in [5.74, 6) is -0.778. The first-order chi connectivity index (χ1) is 15.6. The first kappa shape index (κ1) is 22.6. The molecule has 33 heavy (non-hydrogen) atoms. The Kier molecular flexibility index (Phi) is 5.99. The number of fused-ring (bicyclic) bond motifs is 1. The van der Waals surface area contributed by atoms with Gasteiger partial charge in [-0.3, -0.25) is 4.79 Å². The Bertz CT molecular complexity index is 1410. The first-order valence-electron chi connectivity index (χ1n) is 9.95. The summed E-state index contributed by atoms with van der Waals surface area (Å²) >= 11 is 0. The molecule has 0 unspecified atom stereocenters. The summed E-state index contributed by atoms with van der Waals surface area (Å²) in [5.41, 5.74) is 0.296. The van der Waals surface area contributed by atoms with Crippen LogP contribution in [0.4, 0.5) is 18.9 Å². The maximum Gasteiger partial charge on any atom is 0.416 e. The van der Waals surface area contributed by atoms with Crippen molar-refractivity contribution in [3.8, 4) is 0 Å². The monoisotopic (exact) mass is 472 g/mol. The number of benzene rings is 3. The Morgan fingerprint density at radius 1 is 0.909 bits per heavy atom. The van der Waals surface area contributed by atoms with Crippen LogP contribution < -0.4 is 5.32 Å². The standard InChI is InChI=1S/C24H19F3N2O3S/c25-24(26,27)18-9-6-10-19(13-18)28-23(30)15-29-14-22(20-11-4-5-12-21(20)29)33(31,32)16-17-7-2-1-3-8-17/h1-14H,15-16H2,(H,28,30). The highest BCUT2D eigenvalue weighted by Crippen LogP contribution is 2.31. The van der Waals surface area contributed by atoms with Crippen LogP contribution in [0.25, 0.3) is 10.9 Å². The van der Waals surface area contributed by atoms with Crippen molar-refractivity contribution in [1.82, 2.24) is 4.57 Å². The third-order valence-corrected chi connectivity index (χ3v) is 6.78. The number of sulfone groups is 1. The number of hydrogen-bond donors (Lipinski definition) is 1. The van der Waals surface area contributed by atoms with Crippen molar-refractivity contribution in [1.29, 1.82) is 0 Å². The second kappa shape index (κ2) is 8.74. The minimum absolute atomic E-state index is 0.00297. The molecule has 170 valence electrons. The van der Waals surface area contributed by atoms with E-state index in [9.17, 15) is 26.4 Å². The molecule has 0 aliphatic heterocycles. The molecule has 0 bridgehead atoms. The fourth-order valence-corrected chi connectivity index (χ4v) is 5.17. The van der Waals surface area contributed by atoms with E-state index in [4.69, 9.17) is 0 Å². The van der Waals surface area contributed by atoms with Gasteiger partial charge >= 0.3 is 6.18 Å². The van der Waals surface area contributed by atoms with E-state index in [0.29, 0.717) is 16.5 Å². The zero-order chi connectivity index (χ0) is 23.6. The fourth-order valence-electron chi connectivity index (χ4n) is 3.59. The number of carbonyl (C=O) groups excluding carboxylic acids is 1. The molecule has 0 atom stereocenters. The number of amides is 1. The third kappa shape index (κ3) is 5.09. The predicted molar refractivity (Wildman–Crippen MR) is 119 cm³/mol. The van der Waals surface area contributed by atoms with Crippen LogP contribution >= 0.6 is 0 Å². The summed E-state index contributed by atoms with van der Waals surface area (Å²) in [4.78, 5) is 12.7. The molecular weight excluding hydrogens is 453 g/mol. The van der Waals surface area contributed by atoms with E-state index in [1.807, 2.05) is 0 Å². The number of anilines is 1.